The monoisotopic (exact) mass is 237 g/mol. The van der Waals surface area contributed by atoms with Crippen molar-refractivity contribution in [2.24, 2.45) is 5.92 Å². The third-order valence-corrected chi connectivity index (χ3v) is 3.44. The number of hydrogen-bond donors (Lipinski definition) is 1. The van der Waals surface area contributed by atoms with E-state index in [2.05, 4.69) is 12.2 Å². The second-order valence-corrected chi connectivity index (χ2v) is 4.64. The Hall–Kier alpha value is -1.09. The molecule has 0 radical (unpaired) electrons. The Morgan fingerprint density at radius 2 is 2.12 bits per heavy atom. The molecule has 17 heavy (non-hydrogen) atoms. The molecule has 0 amide bonds. The zero-order chi connectivity index (χ0) is 12.1. The van der Waals surface area contributed by atoms with Crippen molar-refractivity contribution >= 4 is 0 Å². The maximum absolute atomic E-state index is 12.7. The van der Waals surface area contributed by atoms with Gasteiger partial charge in [-0.1, -0.05) is 6.92 Å². The van der Waals surface area contributed by atoms with Crippen LogP contribution in [0.4, 0.5) is 4.39 Å². The van der Waals surface area contributed by atoms with Crippen LogP contribution in [-0.2, 0) is 0 Å². The zero-order valence-electron chi connectivity index (χ0n) is 10.3. The second kappa shape index (κ2) is 6.01. The third kappa shape index (κ3) is 3.43. The predicted molar refractivity (Wildman–Crippen MR) is 66.7 cm³/mol. The molecule has 0 aliphatic carbocycles. The standard InChI is InChI=1S/C14H20FNO/c1-2-14-11(4-3-9-16-14)10-17-13-7-5-12(15)6-8-13/h5-8,11,14,16H,2-4,9-10H2,1H3. The minimum atomic E-state index is -0.219. The van der Waals surface area contributed by atoms with Gasteiger partial charge in [-0.2, -0.15) is 0 Å². The van der Waals surface area contributed by atoms with Gasteiger partial charge in [0.1, 0.15) is 11.6 Å². The maximum atomic E-state index is 12.7. The highest BCUT2D eigenvalue weighted by atomic mass is 19.1. The third-order valence-electron chi connectivity index (χ3n) is 3.44. The predicted octanol–water partition coefficient (Wildman–Crippen LogP) is 2.98. The Balaban J connectivity index is 1.86. The molecule has 3 heteroatoms. The first-order valence-electron chi connectivity index (χ1n) is 6.41. The lowest BCUT2D eigenvalue weighted by molar-refractivity contribution is 0.172. The number of halogens is 1. The van der Waals surface area contributed by atoms with Gasteiger partial charge in [-0.3, -0.25) is 0 Å². The van der Waals surface area contributed by atoms with E-state index in [9.17, 15) is 4.39 Å². The average molecular weight is 237 g/mol. The summed E-state index contributed by atoms with van der Waals surface area (Å²) in [6.07, 6.45) is 3.57. The molecule has 94 valence electrons. The summed E-state index contributed by atoms with van der Waals surface area (Å²) in [5.74, 6) is 1.11. The zero-order valence-corrected chi connectivity index (χ0v) is 10.3. The van der Waals surface area contributed by atoms with Gasteiger partial charge in [0.2, 0.25) is 0 Å². The first-order chi connectivity index (χ1) is 8.29. The number of piperidine rings is 1. The van der Waals surface area contributed by atoms with Gasteiger partial charge in [-0.15, -0.1) is 0 Å². The van der Waals surface area contributed by atoms with Gasteiger partial charge in [0.05, 0.1) is 6.61 Å². The van der Waals surface area contributed by atoms with Gasteiger partial charge in [0.25, 0.3) is 0 Å². The van der Waals surface area contributed by atoms with Crippen molar-refractivity contribution < 1.29 is 9.13 Å². The minimum absolute atomic E-state index is 0.219. The lowest BCUT2D eigenvalue weighted by Crippen LogP contribution is -2.43. The molecule has 2 nitrogen and oxygen atoms in total. The molecular formula is C14H20FNO. The highest BCUT2D eigenvalue weighted by Gasteiger charge is 2.23. The van der Waals surface area contributed by atoms with Crippen LogP contribution in [0.5, 0.6) is 5.75 Å². The molecule has 1 N–H and O–H groups in total. The minimum Gasteiger partial charge on any atom is -0.493 e. The summed E-state index contributed by atoms with van der Waals surface area (Å²) in [6, 6.07) is 6.81. The summed E-state index contributed by atoms with van der Waals surface area (Å²) < 4.78 is 18.5. The van der Waals surface area contributed by atoms with Crippen LogP contribution >= 0.6 is 0 Å². The number of hydrogen-bond acceptors (Lipinski definition) is 2. The Morgan fingerprint density at radius 1 is 1.35 bits per heavy atom. The van der Waals surface area contributed by atoms with Crippen LogP contribution < -0.4 is 10.1 Å². The normalized spacial score (nSPS) is 24.6. The first-order valence-corrected chi connectivity index (χ1v) is 6.41. The van der Waals surface area contributed by atoms with Gasteiger partial charge < -0.3 is 10.1 Å². The van der Waals surface area contributed by atoms with Crippen molar-refractivity contribution in [1.82, 2.24) is 5.32 Å². The van der Waals surface area contributed by atoms with Crippen LogP contribution in [0, 0.1) is 11.7 Å². The van der Waals surface area contributed by atoms with Crippen molar-refractivity contribution in [2.75, 3.05) is 13.2 Å². The fraction of sp³-hybridized carbons (Fsp3) is 0.571. The molecule has 1 aliphatic heterocycles. The van der Waals surface area contributed by atoms with E-state index in [1.807, 2.05) is 0 Å². The molecule has 1 heterocycles. The summed E-state index contributed by atoms with van der Waals surface area (Å²) in [5.41, 5.74) is 0. The van der Waals surface area contributed by atoms with E-state index in [1.165, 1.54) is 25.0 Å². The Bertz CT molecular complexity index is 339. The molecule has 1 fully saturated rings. The molecule has 0 bridgehead atoms. The van der Waals surface area contributed by atoms with E-state index in [-0.39, 0.29) is 5.82 Å². The number of benzene rings is 1. The summed E-state index contributed by atoms with van der Waals surface area (Å²) in [4.78, 5) is 0. The van der Waals surface area contributed by atoms with Crippen LogP contribution in [0.3, 0.4) is 0 Å². The van der Waals surface area contributed by atoms with Gasteiger partial charge in [0.15, 0.2) is 0 Å². The number of rotatable bonds is 4. The van der Waals surface area contributed by atoms with Gasteiger partial charge in [0, 0.05) is 12.0 Å². The molecule has 2 atom stereocenters. The molecule has 0 spiro atoms. The van der Waals surface area contributed by atoms with Crippen LogP contribution in [0.1, 0.15) is 26.2 Å². The quantitative estimate of drug-likeness (QED) is 0.869. The lowest BCUT2D eigenvalue weighted by Gasteiger charge is -2.31. The van der Waals surface area contributed by atoms with Crippen molar-refractivity contribution in [3.63, 3.8) is 0 Å². The van der Waals surface area contributed by atoms with E-state index in [0.29, 0.717) is 12.0 Å². The van der Waals surface area contributed by atoms with Crippen molar-refractivity contribution in [2.45, 2.75) is 32.2 Å². The smallest absolute Gasteiger partial charge is 0.123 e. The molecule has 2 rings (SSSR count). The molecule has 0 saturated carbocycles. The molecule has 1 aromatic carbocycles. The van der Waals surface area contributed by atoms with E-state index in [1.54, 1.807) is 12.1 Å². The van der Waals surface area contributed by atoms with Crippen LogP contribution in [-0.4, -0.2) is 19.2 Å². The summed E-state index contributed by atoms with van der Waals surface area (Å²) in [7, 11) is 0. The van der Waals surface area contributed by atoms with E-state index >= 15 is 0 Å². The fourth-order valence-electron chi connectivity index (χ4n) is 2.43. The fourth-order valence-corrected chi connectivity index (χ4v) is 2.43. The van der Waals surface area contributed by atoms with E-state index in [4.69, 9.17) is 4.74 Å². The van der Waals surface area contributed by atoms with Crippen molar-refractivity contribution in [1.29, 1.82) is 0 Å². The molecule has 0 aromatic heterocycles. The molecule has 2 unspecified atom stereocenters. The van der Waals surface area contributed by atoms with Crippen molar-refractivity contribution in [3.05, 3.63) is 30.1 Å². The summed E-state index contributed by atoms with van der Waals surface area (Å²) in [5, 5.41) is 3.52. The Morgan fingerprint density at radius 3 is 2.82 bits per heavy atom. The van der Waals surface area contributed by atoms with Gasteiger partial charge in [-0.25, -0.2) is 4.39 Å². The van der Waals surface area contributed by atoms with E-state index < -0.39 is 0 Å². The number of ether oxygens (including phenoxy) is 1. The van der Waals surface area contributed by atoms with Gasteiger partial charge >= 0.3 is 0 Å². The maximum Gasteiger partial charge on any atom is 0.123 e. The summed E-state index contributed by atoms with van der Waals surface area (Å²) >= 11 is 0. The Labute approximate surface area is 102 Å². The number of nitrogens with one attached hydrogen (secondary N) is 1. The highest BCUT2D eigenvalue weighted by molar-refractivity contribution is 5.22. The van der Waals surface area contributed by atoms with Crippen LogP contribution in [0.25, 0.3) is 0 Å². The van der Waals surface area contributed by atoms with Gasteiger partial charge in [-0.05, 0) is 50.1 Å². The first kappa shape index (κ1) is 12.4. The molecular weight excluding hydrogens is 217 g/mol. The average Bonchev–Trinajstić information content (AvgIpc) is 2.38. The molecule has 1 saturated heterocycles. The lowest BCUT2D eigenvalue weighted by atomic mass is 9.90. The highest BCUT2D eigenvalue weighted by Crippen LogP contribution is 2.21. The van der Waals surface area contributed by atoms with Crippen molar-refractivity contribution in [3.8, 4) is 5.75 Å². The Kier molecular flexibility index (Phi) is 4.37. The topological polar surface area (TPSA) is 21.3 Å². The van der Waals surface area contributed by atoms with E-state index in [0.717, 1.165) is 25.3 Å². The molecule has 1 aromatic rings. The molecule has 1 aliphatic rings. The van der Waals surface area contributed by atoms with Crippen LogP contribution in [0.15, 0.2) is 24.3 Å². The largest absolute Gasteiger partial charge is 0.493 e. The van der Waals surface area contributed by atoms with Crippen LogP contribution in [0.2, 0.25) is 0 Å². The second-order valence-electron chi connectivity index (χ2n) is 4.64. The SMILES string of the molecule is CCC1NCCCC1COc1ccc(F)cc1. The summed E-state index contributed by atoms with van der Waals surface area (Å²) in [6.45, 7) is 4.04.